The SMILES string of the molecule is c1ccc(-c2ccc(N(c3ccc(-c4ccccc4)cc3)c3cccc(-c4ccc5c6ccccc6c6oc(-c7ccccc7)c(-c7ccccc7)c6c5c4)c3)cc2)cc1. The third-order valence-electron chi connectivity index (χ3n) is 11.7. The van der Waals surface area contributed by atoms with E-state index in [0.717, 1.165) is 67.0 Å². The van der Waals surface area contributed by atoms with Gasteiger partial charge in [-0.25, -0.2) is 0 Å². The van der Waals surface area contributed by atoms with Crippen LogP contribution in [-0.4, -0.2) is 0 Å². The predicted molar refractivity (Wildman–Crippen MR) is 253 cm³/mol. The van der Waals surface area contributed by atoms with Crippen LogP contribution in [-0.2, 0) is 0 Å². The average Bonchev–Trinajstić information content (AvgIpc) is 3.75. The summed E-state index contributed by atoms with van der Waals surface area (Å²) in [5.74, 6) is 0.883. The lowest BCUT2D eigenvalue weighted by molar-refractivity contribution is 0.636. The van der Waals surface area contributed by atoms with E-state index in [9.17, 15) is 0 Å². The van der Waals surface area contributed by atoms with Crippen LogP contribution in [0, 0.1) is 0 Å². The second-order valence-electron chi connectivity index (χ2n) is 15.3. The zero-order valence-corrected chi connectivity index (χ0v) is 32.9. The summed E-state index contributed by atoms with van der Waals surface area (Å²) in [5, 5.41) is 5.79. The minimum atomic E-state index is 0.883. The van der Waals surface area contributed by atoms with Gasteiger partial charge in [-0.3, -0.25) is 0 Å². The highest BCUT2D eigenvalue weighted by atomic mass is 16.3. The van der Waals surface area contributed by atoms with Crippen LogP contribution in [0.25, 0.3) is 88.3 Å². The molecular weight excluding hydrogens is 727 g/mol. The van der Waals surface area contributed by atoms with Gasteiger partial charge in [-0.15, -0.1) is 0 Å². The standard InChI is InChI=1S/C58H39NO/c1-5-16-40(17-6-1)42-28-33-48(34-29-42)59(49-35-30-43(31-36-49)41-18-7-2-8-19-41)50-25-15-24-46(38-50)47-32-37-52-51-26-13-14-27-53(51)58-56(54(52)39-47)55(44-20-9-3-10-21-44)57(60-58)45-22-11-4-12-23-45/h1-39H. The topological polar surface area (TPSA) is 16.4 Å². The van der Waals surface area contributed by atoms with Crippen LogP contribution in [0.5, 0.6) is 0 Å². The summed E-state index contributed by atoms with van der Waals surface area (Å²) in [6, 6.07) is 84.6. The van der Waals surface area contributed by atoms with E-state index in [1.807, 2.05) is 0 Å². The Morgan fingerprint density at radius 2 is 0.700 bits per heavy atom. The molecule has 0 atom stereocenters. The summed E-state index contributed by atoms with van der Waals surface area (Å²) in [4.78, 5) is 2.36. The fourth-order valence-electron chi connectivity index (χ4n) is 8.77. The molecule has 0 saturated carbocycles. The van der Waals surface area contributed by atoms with E-state index in [2.05, 4.69) is 241 Å². The predicted octanol–water partition coefficient (Wildman–Crippen LogP) is 16.5. The fourth-order valence-corrected chi connectivity index (χ4v) is 8.77. The van der Waals surface area contributed by atoms with Crippen LogP contribution in [0.2, 0.25) is 0 Å². The summed E-state index contributed by atoms with van der Waals surface area (Å²) >= 11 is 0. The van der Waals surface area contributed by atoms with Crippen molar-refractivity contribution >= 4 is 49.6 Å². The van der Waals surface area contributed by atoms with Gasteiger partial charge in [-0.05, 0) is 97.6 Å². The zero-order chi connectivity index (χ0) is 39.8. The molecule has 60 heavy (non-hydrogen) atoms. The summed E-state index contributed by atoms with van der Waals surface area (Å²) < 4.78 is 7.02. The van der Waals surface area contributed by atoms with Gasteiger partial charge in [-0.2, -0.15) is 0 Å². The maximum atomic E-state index is 7.02. The molecule has 10 aromatic carbocycles. The van der Waals surface area contributed by atoms with Gasteiger partial charge in [0.25, 0.3) is 0 Å². The number of hydrogen-bond donors (Lipinski definition) is 0. The highest BCUT2D eigenvalue weighted by Crippen LogP contribution is 2.48. The lowest BCUT2D eigenvalue weighted by Crippen LogP contribution is -2.10. The van der Waals surface area contributed by atoms with E-state index in [4.69, 9.17) is 4.42 Å². The van der Waals surface area contributed by atoms with Crippen molar-refractivity contribution in [2.45, 2.75) is 0 Å². The number of hydrogen-bond acceptors (Lipinski definition) is 2. The monoisotopic (exact) mass is 765 g/mol. The first-order chi connectivity index (χ1) is 29.8. The summed E-state index contributed by atoms with van der Waals surface area (Å²) in [7, 11) is 0. The quantitative estimate of drug-likeness (QED) is 0.143. The molecule has 1 aromatic heterocycles. The highest BCUT2D eigenvalue weighted by Gasteiger charge is 2.23. The van der Waals surface area contributed by atoms with Gasteiger partial charge in [0.2, 0.25) is 0 Å². The van der Waals surface area contributed by atoms with Crippen LogP contribution >= 0.6 is 0 Å². The normalized spacial score (nSPS) is 11.3. The maximum absolute atomic E-state index is 7.02. The van der Waals surface area contributed by atoms with Crippen molar-refractivity contribution in [3.8, 4) is 55.8 Å². The Morgan fingerprint density at radius 3 is 1.28 bits per heavy atom. The van der Waals surface area contributed by atoms with Crippen molar-refractivity contribution in [2.75, 3.05) is 4.90 Å². The Balaban J connectivity index is 1.09. The Bertz CT molecular complexity index is 3180. The molecule has 1 heterocycles. The minimum absolute atomic E-state index is 0.883. The van der Waals surface area contributed by atoms with Crippen molar-refractivity contribution in [1.29, 1.82) is 0 Å². The second kappa shape index (κ2) is 15.1. The van der Waals surface area contributed by atoms with Crippen molar-refractivity contribution in [1.82, 2.24) is 0 Å². The van der Waals surface area contributed by atoms with Crippen LogP contribution in [0.4, 0.5) is 17.1 Å². The maximum Gasteiger partial charge on any atom is 0.143 e. The third kappa shape index (κ3) is 6.32. The number of benzene rings is 10. The van der Waals surface area contributed by atoms with Crippen molar-refractivity contribution in [2.24, 2.45) is 0 Å². The molecule has 11 rings (SSSR count). The van der Waals surface area contributed by atoms with Gasteiger partial charge in [-0.1, -0.05) is 194 Å². The molecule has 0 N–H and O–H groups in total. The summed E-state index contributed by atoms with van der Waals surface area (Å²) in [5.41, 5.74) is 14.5. The highest BCUT2D eigenvalue weighted by molar-refractivity contribution is 6.29. The molecule has 2 nitrogen and oxygen atoms in total. The molecule has 0 aliphatic carbocycles. The molecule has 0 saturated heterocycles. The molecule has 2 heteroatoms. The van der Waals surface area contributed by atoms with Gasteiger partial charge in [0.05, 0.1) is 0 Å². The number of anilines is 3. The van der Waals surface area contributed by atoms with Crippen LogP contribution in [0.1, 0.15) is 0 Å². The molecule has 0 amide bonds. The van der Waals surface area contributed by atoms with Crippen molar-refractivity contribution in [3.05, 3.63) is 237 Å². The van der Waals surface area contributed by atoms with E-state index >= 15 is 0 Å². The summed E-state index contributed by atoms with van der Waals surface area (Å²) in [6.07, 6.45) is 0. The molecule has 0 aliphatic heterocycles. The van der Waals surface area contributed by atoms with Gasteiger partial charge in [0.1, 0.15) is 11.3 Å². The molecule has 0 spiro atoms. The van der Waals surface area contributed by atoms with Crippen LogP contribution in [0.15, 0.2) is 241 Å². The number of rotatable bonds is 8. The molecule has 0 aliphatic rings. The van der Waals surface area contributed by atoms with Crippen LogP contribution < -0.4 is 4.90 Å². The number of nitrogens with zero attached hydrogens (tertiary/aromatic N) is 1. The molecule has 282 valence electrons. The largest absolute Gasteiger partial charge is 0.455 e. The molecule has 0 bridgehead atoms. The van der Waals surface area contributed by atoms with Crippen molar-refractivity contribution < 1.29 is 4.42 Å². The third-order valence-corrected chi connectivity index (χ3v) is 11.7. The van der Waals surface area contributed by atoms with Gasteiger partial charge in [0.15, 0.2) is 0 Å². The first kappa shape index (κ1) is 35.2. The van der Waals surface area contributed by atoms with E-state index in [1.165, 1.54) is 38.4 Å². The van der Waals surface area contributed by atoms with Gasteiger partial charge >= 0.3 is 0 Å². The lowest BCUT2D eigenvalue weighted by Gasteiger charge is -2.26. The Labute approximate surface area is 349 Å². The lowest BCUT2D eigenvalue weighted by atomic mass is 9.90. The average molecular weight is 766 g/mol. The first-order valence-electron chi connectivity index (χ1n) is 20.5. The first-order valence-corrected chi connectivity index (χ1v) is 20.5. The number of fused-ring (bicyclic) bond motifs is 6. The fraction of sp³-hybridized carbons (Fsp3) is 0. The second-order valence-corrected chi connectivity index (χ2v) is 15.3. The molecule has 0 radical (unpaired) electrons. The molecule has 0 fully saturated rings. The van der Waals surface area contributed by atoms with E-state index in [1.54, 1.807) is 0 Å². The Morgan fingerprint density at radius 1 is 0.267 bits per heavy atom. The van der Waals surface area contributed by atoms with Gasteiger partial charge < -0.3 is 9.32 Å². The van der Waals surface area contributed by atoms with Crippen LogP contribution in [0.3, 0.4) is 0 Å². The number of furan rings is 1. The smallest absolute Gasteiger partial charge is 0.143 e. The Kier molecular flexibility index (Phi) is 8.87. The molecule has 11 aromatic rings. The van der Waals surface area contributed by atoms with Gasteiger partial charge in [0, 0.05) is 39.0 Å². The van der Waals surface area contributed by atoms with E-state index in [-0.39, 0.29) is 0 Å². The molecule has 0 unspecified atom stereocenters. The van der Waals surface area contributed by atoms with E-state index in [0.29, 0.717) is 0 Å². The Hall–Kier alpha value is -7.94. The molecular formula is C58H39NO. The van der Waals surface area contributed by atoms with Crippen molar-refractivity contribution in [3.63, 3.8) is 0 Å². The zero-order valence-electron chi connectivity index (χ0n) is 32.9. The summed E-state index contributed by atoms with van der Waals surface area (Å²) in [6.45, 7) is 0. The minimum Gasteiger partial charge on any atom is -0.455 e. The van der Waals surface area contributed by atoms with E-state index < -0.39 is 0 Å².